The highest BCUT2D eigenvalue weighted by molar-refractivity contribution is 7.99. The number of carbonyl (C=O) groups excluding carboxylic acids is 1. The normalized spacial score (nSPS) is 15.0. The van der Waals surface area contributed by atoms with Gasteiger partial charge < -0.3 is 4.90 Å². The number of amides is 1. The first-order valence-corrected chi connectivity index (χ1v) is 11.0. The average molecular weight is 408 g/mol. The molecule has 29 heavy (non-hydrogen) atoms. The first-order valence-electron chi connectivity index (χ1n) is 10.0. The Hall–Kier alpha value is -2.60. The predicted octanol–water partition coefficient (Wildman–Crippen LogP) is 4.04. The highest BCUT2D eigenvalue weighted by Crippen LogP contribution is 2.23. The smallest absolute Gasteiger partial charge is 0.266 e. The Morgan fingerprint density at radius 1 is 1.10 bits per heavy atom. The summed E-state index contributed by atoms with van der Waals surface area (Å²) in [5, 5.41) is 1.13. The Kier molecular flexibility index (Phi) is 5.72. The van der Waals surface area contributed by atoms with E-state index in [1.165, 1.54) is 11.8 Å². The number of aryl methyl sites for hydroxylation is 1. The van der Waals surface area contributed by atoms with Gasteiger partial charge >= 0.3 is 0 Å². The quantitative estimate of drug-likeness (QED) is 0.484. The van der Waals surface area contributed by atoms with Gasteiger partial charge in [-0.15, -0.1) is 0 Å². The van der Waals surface area contributed by atoms with Crippen LogP contribution in [-0.4, -0.2) is 39.2 Å². The number of rotatable bonds is 4. The molecule has 1 aromatic heterocycles. The van der Waals surface area contributed by atoms with E-state index in [0.717, 1.165) is 37.2 Å². The van der Waals surface area contributed by atoms with Gasteiger partial charge in [-0.2, -0.15) is 0 Å². The fourth-order valence-corrected chi connectivity index (χ4v) is 4.52. The van der Waals surface area contributed by atoms with Crippen LogP contribution in [0.5, 0.6) is 0 Å². The number of thioether (sulfide) groups is 1. The number of piperidine rings is 1. The molecule has 0 saturated carbocycles. The topological polar surface area (TPSA) is 55.2 Å². The highest BCUT2D eigenvalue weighted by atomic mass is 32.2. The summed E-state index contributed by atoms with van der Waals surface area (Å²) in [6, 6.07) is 15.2. The molecule has 5 nitrogen and oxygen atoms in total. The maximum absolute atomic E-state index is 13.2. The minimum absolute atomic E-state index is 0.110. The van der Waals surface area contributed by atoms with Crippen LogP contribution < -0.4 is 5.56 Å². The summed E-state index contributed by atoms with van der Waals surface area (Å²) >= 11 is 1.34. The molecule has 2 aromatic carbocycles. The minimum atomic E-state index is -0.110. The third kappa shape index (κ3) is 4.22. The summed E-state index contributed by atoms with van der Waals surface area (Å²) < 4.78 is 1.62. The van der Waals surface area contributed by atoms with Crippen molar-refractivity contribution in [1.29, 1.82) is 0 Å². The van der Waals surface area contributed by atoms with Crippen molar-refractivity contribution >= 4 is 28.6 Å². The maximum atomic E-state index is 13.2. The fraction of sp³-hybridized carbons (Fsp3) is 0.348. The Balaban J connectivity index is 1.67. The zero-order chi connectivity index (χ0) is 20.4. The zero-order valence-corrected chi connectivity index (χ0v) is 17.6. The summed E-state index contributed by atoms with van der Waals surface area (Å²) in [6.07, 6.45) is 2.11. The summed E-state index contributed by atoms with van der Waals surface area (Å²) in [6.45, 7) is 5.88. The number of para-hydroxylation sites is 1. The van der Waals surface area contributed by atoms with Gasteiger partial charge in [0.15, 0.2) is 5.16 Å². The van der Waals surface area contributed by atoms with Crippen molar-refractivity contribution in [1.82, 2.24) is 14.5 Å². The van der Waals surface area contributed by atoms with Crippen molar-refractivity contribution in [2.75, 3.05) is 18.8 Å². The number of hydrogen-bond acceptors (Lipinski definition) is 4. The number of carbonyl (C=O) groups is 1. The van der Waals surface area contributed by atoms with E-state index in [0.29, 0.717) is 22.0 Å². The van der Waals surface area contributed by atoms with Gasteiger partial charge in [0.25, 0.3) is 5.56 Å². The lowest BCUT2D eigenvalue weighted by Gasteiger charge is -2.30. The predicted molar refractivity (Wildman–Crippen MR) is 118 cm³/mol. The standard InChI is InChI=1S/C23H25N3O2S/c1-16-7-9-18(10-8-16)26-22(28)19-5-3-4-6-20(19)24-23(26)29-15-21(27)25-13-11-17(2)12-14-25/h3-10,17H,11-15H2,1-2H3. The molecule has 0 aliphatic carbocycles. The van der Waals surface area contributed by atoms with Crippen LogP contribution >= 0.6 is 11.8 Å². The second kappa shape index (κ2) is 8.41. The van der Waals surface area contributed by atoms with E-state index in [2.05, 4.69) is 6.92 Å². The molecule has 1 saturated heterocycles. The Labute approximate surface area is 174 Å². The number of aromatic nitrogens is 2. The van der Waals surface area contributed by atoms with Crippen LogP contribution in [0.4, 0.5) is 0 Å². The minimum Gasteiger partial charge on any atom is -0.342 e. The van der Waals surface area contributed by atoms with Crippen molar-refractivity contribution in [2.45, 2.75) is 31.8 Å². The van der Waals surface area contributed by atoms with Crippen molar-refractivity contribution in [3.05, 3.63) is 64.4 Å². The third-order valence-corrected chi connectivity index (χ3v) is 6.42. The lowest BCUT2D eigenvalue weighted by molar-refractivity contribution is -0.129. The highest BCUT2D eigenvalue weighted by Gasteiger charge is 2.21. The van der Waals surface area contributed by atoms with E-state index in [4.69, 9.17) is 4.98 Å². The van der Waals surface area contributed by atoms with Crippen molar-refractivity contribution < 1.29 is 4.79 Å². The number of hydrogen-bond donors (Lipinski definition) is 0. The SMILES string of the molecule is Cc1ccc(-n2c(SCC(=O)N3CCC(C)CC3)nc3ccccc3c2=O)cc1. The lowest BCUT2D eigenvalue weighted by atomic mass is 9.99. The average Bonchev–Trinajstić information content (AvgIpc) is 2.73. The summed E-state index contributed by atoms with van der Waals surface area (Å²) in [7, 11) is 0. The molecule has 6 heteroatoms. The van der Waals surface area contributed by atoms with Gasteiger partial charge in [-0.25, -0.2) is 4.98 Å². The second-order valence-electron chi connectivity index (χ2n) is 7.74. The van der Waals surface area contributed by atoms with Gasteiger partial charge in [0.2, 0.25) is 5.91 Å². The number of benzene rings is 2. The van der Waals surface area contributed by atoms with Gasteiger partial charge in [0.1, 0.15) is 0 Å². The fourth-order valence-electron chi connectivity index (χ4n) is 3.61. The van der Waals surface area contributed by atoms with Gasteiger partial charge in [0, 0.05) is 13.1 Å². The first kappa shape index (κ1) is 19.7. The number of likely N-dealkylation sites (tertiary alicyclic amines) is 1. The Morgan fingerprint density at radius 3 is 2.52 bits per heavy atom. The molecule has 4 rings (SSSR count). The van der Waals surface area contributed by atoms with E-state index < -0.39 is 0 Å². The summed E-state index contributed by atoms with van der Waals surface area (Å²) in [4.78, 5) is 32.6. The molecule has 0 N–H and O–H groups in total. The van der Waals surface area contributed by atoms with Crippen LogP contribution in [0.1, 0.15) is 25.3 Å². The second-order valence-corrected chi connectivity index (χ2v) is 8.68. The molecular formula is C23H25N3O2S. The summed E-state index contributed by atoms with van der Waals surface area (Å²) in [5.74, 6) is 1.07. The Morgan fingerprint density at radius 2 is 1.79 bits per heavy atom. The molecular weight excluding hydrogens is 382 g/mol. The van der Waals surface area contributed by atoms with Crippen molar-refractivity contribution in [2.24, 2.45) is 5.92 Å². The summed E-state index contributed by atoms with van der Waals surface area (Å²) in [5.41, 5.74) is 2.43. The molecule has 2 heterocycles. The van der Waals surface area contributed by atoms with Gasteiger partial charge in [-0.1, -0.05) is 48.5 Å². The maximum Gasteiger partial charge on any atom is 0.266 e. The van der Waals surface area contributed by atoms with E-state index >= 15 is 0 Å². The third-order valence-electron chi connectivity index (χ3n) is 5.50. The van der Waals surface area contributed by atoms with Crippen LogP contribution in [0.3, 0.4) is 0 Å². The molecule has 0 atom stereocenters. The van der Waals surface area contributed by atoms with Gasteiger partial charge in [0.05, 0.1) is 22.3 Å². The van der Waals surface area contributed by atoms with E-state index in [9.17, 15) is 9.59 Å². The molecule has 0 spiro atoms. The molecule has 1 aliphatic rings. The van der Waals surface area contributed by atoms with Crippen LogP contribution in [0.2, 0.25) is 0 Å². The van der Waals surface area contributed by atoms with Crippen LogP contribution in [0.25, 0.3) is 16.6 Å². The van der Waals surface area contributed by atoms with Crippen LogP contribution in [-0.2, 0) is 4.79 Å². The van der Waals surface area contributed by atoms with Crippen molar-refractivity contribution in [3.8, 4) is 5.69 Å². The first-order chi connectivity index (χ1) is 14.0. The van der Waals surface area contributed by atoms with E-state index in [1.807, 2.05) is 54.3 Å². The zero-order valence-electron chi connectivity index (χ0n) is 16.8. The van der Waals surface area contributed by atoms with Gasteiger partial charge in [-0.05, 0) is 49.9 Å². The monoisotopic (exact) mass is 407 g/mol. The van der Waals surface area contributed by atoms with Gasteiger partial charge in [-0.3, -0.25) is 14.2 Å². The van der Waals surface area contributed by atoms with Crippen LogP contribution in [0.15, 0.2) is 58.5 Å². The number of fused-ring (bicyclic) bond motifs is 1. The molecule has 0 radical (unpaired) electrons. The van der Waals surface area contributed by atoms with E-state index in [1.54, 1.807) is 10.6 Å². The lowest BCUT2D eigenvalue weighted by Crippen LogP contribution is -2.39. The molecule has 1 amide bonds. The molecule has 0 bridgehead atoms. The van der Waals surface area contributed by atoms with Crippen molar-refractivity contribution in [3.63, 3.8) is 0 Å². The molecule has 3 aromatic rings. The Bertz CT molecular complexity index is 1080. The molecule has 1 fully saturated rings. The van der Waals surface area contributed by atoms with E-state index in [-0.39, 0.29) is 17.2 Å². The number of nitrogens with zero attached hydrogens (tertiary/aromatic N) is 3. The molecule has 1 aliphatic heterocycles. The van der Waals surface area contributed by atoms with Crippen LogP contribution in [0, 0.1) is 12.8 Å². The molecule has 150 valence electrons. The molecule has 0 unspecified atom stereocenters. The largest absolute Gasteiger partial charge is 0.342 e.